The molecule has 0 bridgehead atoms. The van der Waals surface area contributed by atoms with Crippen LogP contribution >= 0.6 is 11.6 Å². The zero-order valence-corrected chi connectivity index (χ0v) is 20.2. The number of aryl methyl sites for hydroxylation is 2. The molecule has 5 nitrogen and oxygen atoms in total. The lowest BCUT2D eigenvalue weighted by Crippen LogP contribution is -2.09. The van der Waals surface area contributed by atoms with E-state index in [-0.39, 0.29) is 17.6 Å². The van der Waals surface area contributed by atoms with Gasteiger partial charge in [-0.05, 0) is 54.8 Å². The van der Waals surface area contributed by atoms with Gasteiger partial charge in [-0.2, -0.15) is 0 Å². The molecule has 0 amide bonds. The summed E-state index contributed by atoms with van der Waals surface area (Å²) in [5, 5.41) is 0.747. The van der Waals surface area contributed by atoms with Crippen molar-refractivity contribution < 1.29 is 23.0 Å². The Morgan fingerprint density at radius 2 is 1.86 bits per heavy atom. The molecule has 1 aliphatic rings. The zero-order chi connectivity index (χ0) is 24.5. The topological polar surface area (TPSA) is 57.9 Å². The number of fused-ring (bicyclic) bond motifs is 2. The molecule has 0 fully saturated rings. The standard InChI is InChI=1S/C28H24ClFO5/c1-3-17-12-19-25(14-24(17)34-15-20-21(29)6-4-7-22(20)30)35-16(2)27(28(19)31)18-8-9-23-26(13-18)33-11-5-10-32-23/h4,6-9,12-14H,3,5,10-11,15H2,1-2H3. The van der Waals surface area contributed by atoms with Crippen molar-refractivity contribution in [1.29, 1.82) is 0 Å². The van der Waals surface area contributed by atoms with E-state index in [9.17, 15) is 9.18 Å². The second-order valence-electron chi connectivity index (χ2n) is 8.37. The van der Waals surface area contributed by atoms with E-state index in [4.69, 9.17) is 30.2 Å². The van der Waals surface area contributed by atoms with Crippen LogP contribution in [0, 0.1) is 12.7 Å². The fourth-order valence-electron chi connectivity index (χ4n) is 4.26. The molecule has 7 heteroatoms. The van der Waals surface area contributed by atoms with E-state index < -0.39 is 5.82 Å². The third-order valence-corrected chi connectivity index (χ3v) is 6.45. The fraction of sp³-hybridized carbons (Fsp3) is 0.250. The largest absolute Gasteiger partial charge is 0.490 e. The van der Waals surface area contributed by atoms with Gasteiger partial charge in [-0.25, -0.2) is 4.39 Å². The van der Waals surface area contributed by atoms with Crippen molar-refractivity contribution in [2.24, 2.45) is 0 Å². The second-order valence-corrected chi connectivity index (χ2v) is 8.78. The summed E-state index contributed by atoms with van der Waals surface area (Å²) in [5.74, 6) is 1.84. The van der Waals surface area contributed by atoms with Crippen molar-refractivity contribution >= 4 is 22.6 Å². The van der Waals surface area contributed by atoms with Crippen molar-refractivity contribution in [3.8, 4) is 28.4 Å². The quantitative estimate of drug-likeness (QED) is 0.303. The first-order valence-corrected chi connectivity index (χ1v) is 11.9. The lowest BCUT2D eigenvalue weighted by atomic mass is 10.0. The number of ether oxygens (including phenoxy) is 3. The first kappa shape index (κ1) is 23.2. The molecule has 5 rings (SSSR count). The molecule has 0 unspecified atom stereocenters. The molecule has 0 saturated carbocycles. The molecule has 0 spiro atoms. The Morgan fingerprint density at radius 1 is 1.06 bits per heavy atom. The molecule has 180 valence electrons. The van der Waals surface area contributed by atoms with Crippen LogP contribution in [0.25, 0.3) is 22.1 Å². The van der Waals surface area contributed by atoms with Crippen LogP contribution in [0.3, 0.4) is 0 Å². The van der Waals surface area contributed by atoms with Crippen LogP contribution in [0.15, 0.2) is 57.7 Å². The molecule has 4 aromatic rings. The normalized spacial score (nSPS) is 13.0. The molecule has 2 heterocycles. The van der Waals surface area contributed by atoms with E-state index in [1.807, 2.05) is 25.1 Å². The van der Waals surface area contributed by atoms with E-state index in [1.54, 1.807) is 31.2 Å². The van der Waals surface area contributed by atoms with Crippen LogP contribution in [0.1, 0.15) is 30.2 Å². The van der Waals surface area contributed by atoms with Gasteiger partial charge in [-0.1, -0.05) is 30.7 Å². The van der Waals surface area contributed by atoms with Crippen molar-refractivity contribution in [3.05, 3.63) is 86.5 Å². The number of benzene rings is 3. The van der Waals surface area contributed by atoms with Gasteiger partial charge >= 0.3 is 0 Å². The Kier molecular flexibility index (Phi) is 6.39. The van der Waals surface area contributed by atoms with Crippen LogP contribution in [0.2, 0.25) is 5.02 Å². The summed E-state index contributed by atoms with van der Waals surface area (Å²) >= 11 is 6.14. The number of halogens is 2. The maximum absolute atomic E-state index is 14.2. The van der Waals surface area contributed by atoms with Crippen molar-refractivity contribution in [1.82, 2.24) is 0 Å². The second kappa shape index (κ2) is 9.62. The van der Waals surface area contributed by atoms with Crippen molar-refractivity contribution in [2.75, 3.05) is 13.2 Å². The first-order valence-electron chi connectivity index (χ1n) is 11.5. The summed E-state index contributed by atoms with van der Waals surface area (Å²) in [4.78, 5) is 13.6. The summed E-state index contributed by atoms with van der Waals surface area (Å²) in [5.41, 5.74) is 2.52. The molecule has 0 radical (unpaired) electrons. The minimum atomic E-state index is -0.432. The molecule has 0 atom stereocenters. The highest BCUT2D eigenvalue weighted by Gasteiger charge is 2.19. The maximum Gasteiger partial charge on any atom is 0.200 e. The Balaban J connectivity index is 1.55. The van der Waals surface area contributed by atoms with Gasteiger partial charge in [-0.3, -0.25) is 4.79 Å². The number of hydrogen-bond donors (Lipinski definition) is 0. The third-order valence-electron chi connectivity index (χ3n) is 6.10. The molecular weight excluding hydrogens is 471 g/mol. The van der Waals surface area contributed by atoms with Crippen LogP contribution in [0.4, 0.5) is 4.39 Å². The summed E-state index contributed by atoms with van der Waals surface area (Å²) in [6.07, 6.45) is 1.41. The average Bonchev–Trinajstić information content (AvgIpc) is 3.08. The van der Waals surface area contributed by atoms with E-state index in [0.717, 1.165) is 12.0 Å². The highest BCUT2D eigenvalue weighted by atomic mass is 35.5. The molecule has 0 saturated heterocycles. The Labute approximate surface area is 207 Å². The zero-order valence-electron chi connectivity index (χ0n) is 19.5. The van der Waals surface area contributed by atoms with Gasteiger partial charge in [0, 0.05) is 18.1 Å². The fourth-order valence-corrected chi connectivity index (χ4v) is 4.48. The molecular formula is C28H24ClFO5. The van der Waals surface area contributed by atoms with Crippen molar-refractivity contribution in [3.63, 3.8) is 0 Å². The van der Waals surface area contributed by atoms with Gasteiger partial charge in [0.2, 0.25) is 5.43 Å². The summed E-state index contributed by atoms with van der Waals surface area (Å²) in [7, 11) is 0. The monoisotopic (exact) mass is 494 g/mol. The number of rotatable bonds is 5. The lowest BCUT2D eigenvalue weighted by Gasteiger charge is -2.15. The van der Waals surface area contributed by atoms with E-state index in [0.29, 0.717) is 69.8 Å². The predicted octanol–water partition coefficient (Wildman–Crippen LogP) is 6.86. The van der Waals surface area contributed by atoms with Gasteiger partial charge in [-0.15, -0.1) is 0 Å². The molecule has 35 heavy (non-hydrogen) atoms. The Hall–Kier alpha value is -3.51. The first-order chi connectivity index (χ1) is 17.0. The van der Waals surface area contributed by atoms with Gasteiger partial charge < -0.3 is 18.6 Å². The summed E-state index contributed by atoms with van der Waals surface area (Å²) in [6.45, 7) is 4.83. The van der Waals surface area contributed by atoms with Gasteiger partial charge in [0.15, 0.2) is 11.5 Å². The summed E-state index contributed by atoms with van der Waals surface area (Å²) in [6, 6.07) is 13.5. The highest BCUT2D eigenvalue weighted by molar-refractivity contribution is 6.31. The summed E-state index contributed by atoms with van der Waals surface area (Å²) < 4.78 is 37.7. The maximum atomic E-state index is 14.2. The average molecular weight is 495 g/mol. The van der Waals surface area contributed by atoms with E-state index >= 15 is 0 Å². The minimum absolute atomic E-state index is 0.0392. The van der Waals surface area contributed by atoms with Crippen LogP contribution in [-0.2, 0) is 13.0 Å². The minimum Gasteiger partial charge on any atom is -0.490 e. The predicted molar refractivity (Wildman–Crippen MR) is 133 cm³/mol. The molecule has 1 aromatic heterocycles. The Bertz CT molecular complexity index is 1460. The van der Waals surface area contributed by atoms with Crippen LogP contribution in [-0.4, -0.2) is 13.2 Å². The smallest absolute Gasteiger partial charge is 0.200 e. The van der Waals surface area contributed by atoms with Crippen LogP contribution in [0.5, 0.6) is 17.2 Å². The lowest BCUT2D eigenvalue weighted by molar-refractivity contribution is 0.297. The third kappa shape index (κ3) is 4.46. The molecule has 1 aliphatic heterocycles. The Morgan fingerprint density at radius 3 is 2.63 bits per heavy atom. The van der Waals surface area contributed by atoms with Gasteiger partial charge in [0.1, 0.15) is 29.5 Å². The SMILES string of the molecule is CCc1cc2c(=O)c(-c3ccc4c(c3)OCCCO4)c(C)oc2cc1OCc1c(F)cccc1Cl. The van der Waals surface area contributed by atoms with Crippen molar-refractivity contribution in [2.45, 2.75) is 33.3 Å². The molecule has 3 aromatic carbocycles. The molecule has 0 aliphatic carbocycles. The highest BCUT2D eigenvalue weighted by Crippen LogP contribution is 2.36. The van der Waals surface area contributed by atoms with E-state index in [1.165, 1.54) is 6.07 Å². The molecule has 0 N–H and O–H groups in total. The van der Waals surface area contributed by atoms with Gasteiger partial charge in [0.05, 0.1) is 29.2 Å². The van der Waals surface area contributed by atoms with E-state index in [2.05, 4.69) is 0 Å². The van der Waals surface area contributed by atoms with Gasteiger partial charge in [0.25, 0.3) is 0 Å². The number of hydrogen-bond acceptors (Lipinski definition) is 5. The van der Waals surface area contributed by atoms with Crippen LogP contribution < -0.4 is 19.6 Å².